The Hall–Kier alpha value is -2.51. The molecule has 0 spiro atoms. The van der Waals surface area contributed by atoms with Gasteiger partial charge in [0.25, 0.3) is 0 Å². The maximum atomic E-state index is 13.7. The maximum Gasteiger partial charge on any atom is 0.328 e. The molecular formula is C19H20FNO4S. The van der Waals surface area contributed by atoms with Crippen molar-refractivity contribution in [1.82, 2.24) is 4.90 Å². The molecule has 2 aromatic rings. The van der Waals surface area contributed by atoms with Crippen LogP contribution < -0.4 is 0 Å². The highest BCUT2D eigenvalue weighted by Gasteiger charge is 2.24. The largest absolute Gasteiger partial charge is 0.478 e. The van der Waals surface area contributed by atoms with Crippen LogP contribution >= 0.6 is 11.3 Å². The first-order chi connectivity index (χ1) is 12.4. The number of benzene rings is 1. The summed E-state index contributed by atoms with van der Waals surface area (Å²) < 4.78 is 13.7. The highest BCUT2D eigenvalue weighted by molar-refractivity contribution is 7.10. The number of fused-ring (bicyclic) bond motifs is 1. The highest BCUT2D eigenvalue weighted by Crippen LogP contribution is 2.28. The zero-order chi connectivity index (χ0) is 19.1. The van der Waals surface area contributed by atoms with Crippen molar-refractivity contribution in [1.29, 1.82) is 0 Å². The lowest BCUT2D eigenvalue weighted by atomic mass is 10.0. The standard InChI is InChI=1S/C15H16FNS.C4H4O4/c1-11-8-15-13(6-7-18-15)10-17(11)9-12-4-2-3-5-14(12)16;5-3(6)1-2-4(7)8/h2-7,11H,8-10H2,1H3;1-2H,(H,5,6)(H,7,8). The first kappa shape index (κ1) is 19.8. The molecule has 0 saturated carbocycles. The van der Waals surface area contributed by atoms with Gasteiger partial charge >= 0.3 is 11.9 Å². The molecule has 5 nitrogen and oxygen atoms in total. The molecule has 0 bridgehead atoms. The Balaban J connectivity index is 0.000000260. The minimum Gasteiger partial charge on any atom is -0.478 e. The Morgan fingerprint density at radius 1 is 1.23 bits per heavy atom. The summed E-state index contributed by atoms with van der Waals surface area (Å²) in [5, 5.41) is 17.8. The van der Waals surface area contributed by atoms with E-state index in [1.807, 2.05) is 23.5 Å². The predicted octanol–water partition coefficient (Wildman–Crippen LogP) is 3.55. The molecule has 26 heavy (non-hydrogen) atoms. The van der Waals surface area contributed by atoms with Gasteiger partial charge in [0, 0.05) is 41.7 Å². The van der Waals surface area contributed by atoms with Gasteiger partial charge in [0.15, 0.2) is 0 Å². The third-order valence-corrected chi connectivity index (χ3v) is 5.00. The van der Waals surface area contributed by atoms with Crippen molar-refractivity contribution < 1.29 is 24.2 Å². The van der Waals surface area contributed by atoms with Crippen molar-refractivity contribution in [2.75, 3.05) is 0 Å². The molecule has 7 heteroatoms. The molecular weight excluding hydrogens is 357 g/mol. The van der Waals surface area contributed by atoms with Crippen LogP contribution in [0.3, 0.4) is 0 Å². The molecule has 1 unspecified atom stereocenters. The Labute approximate surface area is 155 Å². The summed E-state index contributed by atoms with van der Waals surface area (Å²) in [4.78, 5) is 23.0. The average Bonchev–Trinajstić information content (AvgIpc) is 3.03. The van der Waals surface area contributed by atoms with Crippen LogP contribution in [0.4, 0.5) is 4.39 Å². The molecule has 0 amide bonds. The first-order valence-corrected chi connectivity index (χ1v) is 8.91. The quantitative estimate of drug-likeness (QED) is 0.797. The molecule has 1 aliphatic rings. The Morgan fingerprint density at radius 3 is 2.50 bits per heavy atom. The number of rotatable bonds is 4. The SMILES string of the molecule is CC1Cc2sccc2CN1Cc1ccccc1F.O=C(O)C=CC(=O)O. The van der Waals surface area contributed by atoms with Crippen molar-refractivity contribution >= 4 is 23.3 Å². The van der Waals surface area contributed by atoms with Gasteiger partial charge < -0.3 is 10.2 Å². The van der Waals surface area contributed by atoms with E-state index < -0.39 is 11.9 Å². The first-order valence-electron chi connectivity index (χ1n) is 8.03. The molecule has 2 N–H and O–H groups in total. The number of halogens is 1. The van der Waals surface area contributed by atoms with Crippen LogP contribution in [-0.2, 0) is 29.1 Å². The van der Waals surface area contributed by atoms with Crippen LogP contribution in [-0.4, -0.2) is 33.1 Å². The molecule has 2 heterocycles. The van der Waals surface area contributed by atoms with Crippen LogP contribution in [0.5, 0.6) is 0 Å². The molecule has 0 aliphatic carbocycles. The van der Waals surface area contributed by atoms with E-state index in [1.54, 1.807) is 12.1 Å². The van der Waals surface area contributed by atoms with E-state index in [0.29, 0.717) is 24.7 Å². The second kappa shape index (κ2) is 9.26. The van der Waals surface area contributed by atoms with E-state index in [0.717, 1.165) is 18.5 Å². The van der Waals surface area contributed by atoms with E-state index >= 15 is 0 Å². The molecule has 138 valence electrons. The molecule has 1 aromatic heterocycles. The molecule has 0 radical (unpaired) electrons. The maximum absolute atomic E-state index is 13.7. The number of carboxylic acid groups (broad SMARTS) is 2. The Bertz CT molecular complexity index is 786. The van der Waals surface area contributed by atoms with Gasteiger partial charge in [-0.25, -0.2) is 14.0 Å². The number of thiophene rings is 1. The minimum absolute atomic E-state index is 0.0965. The normalized spacial score (nSPS) is 16.6. The van der Waals surface area contributed by atoms with Gasteiger partial charge in [-0.3, -0.25) is 4.90 Å². The number of carboxylic acids is 2. The minimum atomic E-state index is -1.26. The van der Waals surface area contributed by atoms with E-state index in [-0.39, 0.29) is 5.82 Å². The molecule has 3 rings (SSSR count). The molecule has 1 atom stereocenters. The molecule has 0 fully saturated rings. The second-order valence-electron chi connectivity index (χ2n) is 5.93. The Morgan fingerprint density at radius 2 is 1.88 bits per heavy atom. The fourth-order valence-electron chi connectivity index (χ4n) is 2.66. The predicted molar refractivity (Wildman–Crippen MR) is 97.5 cm³/mol. The van der Waals surface area contributed by atoms with Crippen LogP contribution in [0, 0.1) is 5.82 Å². The monoisotopic (exact) mass is 377 g/mol. The van der Waals surface area contributed by atoms with E-state index in [1.165, 1.54) is 10.4 Å². The van der Waals surface area contributed by atoms with Gasteiger partial charge in [-0.2, -0.15) is 0 Å². The third-order valence-electron chi connectivity index (χ3n) is 4.02. The van der Waals surface area contributed by atoms with E-state index in [2.05, 4.69) is 23.3 Å². The number of hydrogen-bond acceptors (Lipinski definition) is 4. The summed E-state index contributed by atoms with van der Waals surface area (Å²) in [5.41, 5.74) is 2.21. The van der Waals surface area contributed by atoms with E-state index in [4.69, 9.17) is 10.2 Å². The lowest BCUT2D eigenvalue weighted by molar-refractivity contribution is -0.134. The zero-order valence-electron chi connectivity index (χ0n) is 14.3. The van der Waals surface area contributed by atoms with Crippen molar-refractivity contribution in [3.05, 3.63) is 69.7 Å². The van der Waals surface area contributed by atoms with Crippen molar-refractivity contribution in [3.8, 4) is 0 Å². The van der Waals surface area contributed by atoms with Crippen LogP contribution in [0.25, 0.3) is 0 Å². The van der Waals surface area contributed by atoms with Gasteiger partial charge in [0.1, 0.15) is 5.82 Å². The fourth-order valence-corrected chi connectivity index (χ4v) is 3.68. The highest BCUT2D eigenvalue weighted by atomic mass is 32.1. The van der Waals surface area contributed by atoms with Gasteiger partial charge in [-0.05, 0) is 36.4 Å². The summed E-state index contributed by atoms with van der Waals surface area (Å²) >= 11 is 1.84. The van der Waals surface area contributed by atoms with Gasteiger partial charge in [0.2, 0.25) is 0 Å². The average molecular weight is 377 g/mol. The smallest absolute Gasteiger partial charge is 0.328 e. The van der Waals surface area contributed by atoms with Crippen LogP contribution in [0.1, 0.15) is 22.9 Å². The number of hydrogen-bond donors (Lipinski definition) is 2. The second-order valence-corrected chi connectivity index (χ2v) is 6.93. The number of aliphatic carboxylic acids is 2. The fraction of sp³-hybridized carbons (Fsp3) is 0.263. The zero-order valence-corrected chi connectivity index (χ0v) is 15.1. The Kier molecular flexibility index (Phi) is 7.06. The summed E-state index contributed by atoms with van der Waals surface area (Å²) in [7, 11) is 0. The number of carbonyl (C=O) groups is 2. The number of nitrogens with zero attached hydrogens (tertiary/aromatic N) is 1. The van der Waals surface area contributed by atoms with Crippen LogP contribution in [0.2, 0.25) is 0 Å². The summed E-state index contributed by atoms with van der Waals surface area (Å²) in [6.07, 6.45) is 2.20. The van der Waals surface area contributed by atoms with Gasteiger partial charge in [-0.1, -0.05) is 18.2 Å². The lowest BCUT2D eigenvalue weighted by Crippen LogP contribution is -2.37. The van der Waals surface area contributed by atoms with Crippen molar-refractivity contribution in [2.24, 2.45) is 0 Å². The van der Waals surface area contributed by atoms with E-state index in [9.17, 15) is 14.0 Å². The van der Waals surface area contributed by atoms with Crippen molar-refractivity contribution in [2.45, 2.75) is 32.5 Å². The van der Waals surface area contributed by atoms with Gasteiger partial charge in [-0.15, -0.1) is 11.3 Å². The summed E-state index contributed by atoms with van der Waals surface area (Å²) in [6.45, 7) is 3.86. The summed E-state index contributed by atoms with van der Waals surface area (Å²) in [6, 6.07) is 9.75. The molecule has 1 aromatic carbocycles. The lowest BCUT2D eigenvalue weighted by Gasteiger charge is -2.33. The third kappa shape index (κ3) is 5.79. The van der Waals surface area contributed by atoms with Crippen LogP contribution in [0.15, 0.2) is 47.9 Å². The summed E-state index contributed by atoms with van der Waals surface area (Å²) in [5.74, 6) is -2.61. The topological polar surface area (TPSA) is 77.8 Å². The van der Waals surface area contributed by atoms with Crippen molar-refractivity contribution in [3.63, 3.8) is 0 Å². The molecule has 0 saturated heterocycles. The molecule has 1 aliphatic heterocycles. The van der Waals surface area contributed by atoms with Gasteiger partial charge in [0.05, 0.1) is 0 Å².